The Morgan fingerprint density at radius 2 is 1.91 bits per heavy atom. The first kappa shape index (κ1) is 22.9. The van der Waals surface area contributed by atoms with Crippen LogP contribution >= 0.6 is 23.4 Å². The van der Waals surface area contributed by atoms with Crippen LogP contribution in [0.25, 0.3) is 0 Å². The monoisotopic (exact) mass is 487 g/mol. The maximum atomic E-state index is 12.5. The van der Waals surface area contributed by atoms with Gasteiger partial charge in [0.1, 0.15) is 0 Å². The molecule has 0 saturated carbocycles. The van der Waals surface area contributed by atoms with Crippen LogP contribution in [-0.4, -0.2) is 39.1 Å². The number of amides is 2. The number of anilines is 1. The first-order valence-electron chi connectivity index (χ1n) is 10.3. The summed E-state index contributed by atoms with van der Waals surface area (Å²) in [5, 5.41) is 15.4. The number of benzene rings is 2. The lowest BCUT2D eigenvalue weighted by Crippen LogP contribution is -2.28. The zero-order chi connectivity index (χ0) is 23.4. The molecule has 1 aliphatic rings. The molecule has 0 aliphatic carbocycles. The first-order chi connectivity index (χ1) is 15.9. The highest BCUT2D eigenvalue weighted by atomic mass is 35.5. The summed E-state index contributed by atoms with van der Waals surface area (Å²) in [7, 11) is 0. The van der Waals surface area contributed by atoms with E-state index < -0.39 is 0 Å². The molecule has 0 unspecified atom stereocenters. The van der Waals surface area contributed by atoms with Gasteiger partial charge in [-0.25, -0.2) is 0 Å². The largest absolute Gasteiger partial charge is 0.454 e. The maximum Gasteiger partial charge on any atom is 0.251 e. The molecule has 0 bridgehead atoms. The van der Waals surface area contributed by atoms with E-state index in [-0.39, 0.29) is 30.4 Å². The molecule has 1 aromatic heterocycles. The Kier molecular flexibility index (Phi) is 7.05. The Balaban J connectivity index is 1.36. The lowest BCUT2D eigenvalue weighted by molar-refractivity contribution is -0.113. The molecular weight excluding hydrogens is 466 g/mol. The summed E-state index contributed by atoms with van der Waals surface area (Å²) >= 11 is 7.16. The zero-order valence-electron chi connectivity index (χ0n) is 18.0. The molecule has 2 amide bonds. The molecule has 9 nitrogen and oxygen atoms in total. The normalized spacial score (nSPS) is 12.9. The number of nitrogens with zero attached hydrogens (tertiary/aromatic N) is 3. The number of hydrogen-bond acceptors (Lipinski definition) is 7. The van der Waals surface area contributed by atoms with Crippen molar-refractivity contribution in [3.63, 3.8) is 0 Å². The number of halogens is 1. The third-order valence-corrected chi connectivity index (χ3v) is 6.11. The fourth-order valence-corrected chi connectivity index (χ4v) is 4.21. The van der Waals surface area contributed by atoms with Crippen molar-refractivity contribution in [1.82, 2.24) is 20.1 Å². The number of rotatable bonds is 8. The number of fused-ring (bicyclic) bond motifs is 1. The van der Waals surface area contributed by atoms with Crippen LogP contribution in [0.3, 0.4) is 0 Å². The number of ether oxygens (including phenoxy) is 2. The van der Waals surface area contributed by atoms with Crippen molar-refractivity contribution in [2.24, 2.45) is 0 Å². The van der Waals surface area contributed by atoms with E-state index in [0.29, 0.717) is 45.3 Å². The third kappa shape index (κ3) is 5.40. The fraction of sp³-hybridized carbons (Fsp3) is 0.273. The molecule has 3 aromatic rings. The van der Waals surface area contributed by atoms with E-state index in [9.17, 15) is 9.59 Å². The lowest BCUT2D eigenvalue weighted by Gasteiger charge is -2.15. The molecule has 2 N–H and O–H groups in total. The molecule has 2 heterocycles. The van der Waals surface area contributed by atoms with Gasteiger partial charge in [-0.05, 0) is 50.2 Å². The number of carbonyl (C=O) groups excluding carboxylic acids is 2. The molecule has 0 spiro atoms. The van der Waals surface area contributed by atoms with Crippen molar-refractivity contribution in [2.75, 3.05) is 17.9 Å². The Labute approximate surface area is 199 Å². The van der Waals surface area contributed by atoms with Crippen molar-refractivity contribution in [2.45, 2.75) is 31.6 Å². The molecule has 0 fully saturated rings. The molecule has 0 saturated heterocycles. The predicted molar refractivity (Wildman–Crippen MR) is 125 cm³/mol. The molecule has 1 atom stereocenters. The molecule has 33 heavy (non-hydrogen) atoms. The predicted octanol–water partition coefficient (Wildman–Crippen LogP) is 3.90. The van der Waals surface area contributed by atoms with Crippen LogP contribution in [0.4, 0.5) is 5.69 Å². The molecule has 1 aliphatic heterocycles. The van der Waals surface area contributed by atoms with Gasteiger partial charge in [-0.1, -0.05) is 23.4 Å². The lowest BCUT2D eigenvalue weighted by atomic mass is 10.2. The van der Waals surface area contributed by atoms with E-state index in [0.717, 1.165) is 0 Å². The van der Waals surface area contributed by atoms with E-state index >= 15 is 0 Å². The van der Waals surface area contributed by atoms with Crippen LogP contribution in [0.1, 0.15) is 36.1 Å². The smallest absolute Gasteiger partial charge is 0.251 e. The van der Waals surface area contributed by atoms with E-state index in [1.807, 2.05) is 18.4 Å². The van der Waals surface area contributed by atoms with Crippen molar-refractivity contribution >= 4 is 40.9 Å². The summed E-state index contributed by atoms with van der Waals surface area (Å²) in [6.45, 7) is 4.56. The molecule has 4 rings (SSSR count). The highest BCUT2D eigenvalue weighted by Gasteiger charge is 2.20. The molecule has 11 heteroatoms. The number of hydrogen-bond donors (Lipinski definition) is 2. The third-order valence-electron chi connectivity index (χ3n) is 4.89. The second-order valence-electron chi connectivity index (χ2n) is 7.19. The van der Waals surface area contributed by atoms with Crippen LogP contribution < -0.4 is 20.1 Å². The second kappa shape index (κ2) is 10.1. The fourth-order valence-electron chi connectivity index (χ4n) is 3.27. The highest BCUT2D eigenvalue weighted by molar-refractivity contribution is 7.99. The van der Waals surface area contributed by atoms with Crippen LogP contribution in [0.2, 0.25) is 5.02 Å². The van der Waals surface area contributed by atoms with Gasteiger partial charge in [0.2, 0.25) is 12.7 Å². The Bertz CT molecular complexity index is 1170. The van der Waals surface area contributed by atoms with Gasteiger partial charge in [-0.3, -0.25) is 9.59 Å². The van der Waals surface area contributed by atoms with Gasteiger partial charge in [-0.15, -0.1) is 10.2 Å². The average molecular weight is 488 g/mol. The van der Waals surface area contributed by atoms with Gasteiger partial charge in [0.25, 0.3) is 5.91 Å². The standard InChI is InChI=1S/C22H22ClN5O4S/c1-3-28-20(13(2)24-21(30)14-4-6-15(23)7-5-14)26-27-22(28)33-11-19(29)25-16-8-9-17-18(10-16)32-12-31-17/h4-10,13H,3,11-12H2,1-2H3,(H,24,30)(H,25,29)/t13-/m1/s1. The van der Waals surface area contributed by atoms with Crippen molar-refractivity contribution in [3.05, 3.63) is 58.9 Å². The summed E-state index contributed by atoms with van der Waals surface area (Å²) in [6, 6.07) is 11.5. The number of aromatic nitrogens is 3. The molecule has 2 aromatic carbocycles. The Morgan fingerprint density at radius 3 is 2.67 bits per heavy atom. The molecule has 172 valence electrons. The minimum absolute atomic E-state index is 0.151. The molecular formula is C22H22ClN5O4S. The summed E-state index contributed by atoms with van der Waals surface area (Å²) < 4.78 is 12.5. The van der Waals surface area contributed by atoms with Gasteiger partial charge in [-0.2, -0.15) is 0 Å². The number of carbonyl (C=O) groups is 2. The van der Waals surface area contributed by atoms with Crippen LogP contribution in [0.15, 0.2) is 47.6 Å². The summed E-state index contributed by atoms with van der Waals surface area (Å²) in [6.07, 6.45) is 0. The van der Waals surface area contributed by atoms with Gasteiger partial charge in [0, 0.05) is 28.9 Å². The first-order valence-corrected chi connectivity index (χ1v) is 11.6. The van der Waals surface area contributed by atoms with Gasteiger partial charge < -0.3 is 24.7 Å². The zero-order valence-corrected chi connectivity index (χ0v) is 19.6. The van der Waals surface area contributed by atoms with Gasteiger partial charge >= 0.3 is 0 Å². The SMILES string of the molecule is CCn1c(SCC(=O)Nc2ccc3c(c2)OCO3)nnc1[C@@H](C)NC(=O)c1ccc(Cl)cc1. The summed E-state index contributed by atoms with van der Waals surface area (Å²) in [5.41, 5.74) is 1.13. The number of nitrogens with one attached hydrogen (secondary N) is 2. The maximum absolute atomic E-state index is 12.5. The highest BCUT2D eigenvalue weighted by Crippen LogP contribution is 2.34. The molecule has 0 radical (unpaired) electrons. The van der Waals surface area contributed by atoms with Crippen LogP contribution in [0, 0.1) is 0 Å². The van der Waals surface area contributed by atoms with E-state index in [4.69, 9.17) is 21.1 Å². The Hall–Kier alpha value is -3.24. The number of thioether (sulfide) groups is 1. The van der Waals surface area contributed by atoms with Crippen LogP contribution in [0.5, 0.6) is 11.5 Å². The summed E-state index contributed by atoms with van der Waals surface area (Å²) in [5.74, 6) is 1.60. The average Bonchev–Trinajstić information content (AvgIpc) is 3.44. The van der Waals surface area contributed by atoms with Crippen molar-refractivity contribution < 1.29 is 19.1 Å². The quantitative estimate of drug-likeness (QED) is 0.464. The van der Waals surface area contributed by atoms with Gasteiger partial charge in [0.15, 0.2) is 22.5 Å². The minimum Gasteiger partial charge on any atom is -0.454 e. The second-order valence-corrected chi connectivity index (χ2v) is 8.57. The van der Waals surface area contributed by atoms with Crippen molar-refractivity contribution in [1.29, 1.82) is 0 Å². The Morgan fingerprint density at radius 1 is 1.15 bits per heavy atom. The van der Waals surface area contributed by atoms with E-state index in [2.05, 4.69) is 20.8 Å². The van der Waals surface area contributed by atoms with E-state index in [1.165, 1.54) is 11.8 Å². The summed E-state index contributed by atoms with van der Waals surface area (Å²) in [4.78, 5) is 24.9. The van der Waals surface area contributed by atoms with Crippen molar-refractivity contribution in [3.8, 4) is 11.5 Å². The topological polar surface area (TPSA) is 107 Å². The van der Waals surface area contributed by atoms with Crippen LogP contribution in [-0.2, 0) is 11.3 Å². The van der Waals surface area contributed by atoms with E-state index in [1.54, 1.807) is 42.5 Å². The van der Waals surface area contributed by atoms with Gasteiger partial charge in [0.05, 0.1) is 11.8 Å². The minimum atomic E-state index is -0.377.